The van der Waals surface area contributed by atoms with E-state index >= 15 is 0 Å². The van der Waals surface area contributed by atoms with E-state index in [1.165, 1.54) is 24.0 Å². The lowest BCUT2D eigenvalue weighted by Crippen LogP contribution is -2.39. The van der Waals surface area contributed by atoms with Gasteiger partial charge in [0, 0.05) is 12.6 Å². The van der Waals surface area contributed by atoms with E-state index in [4.69, 9.17) is 9.47 Å². The summed E-state index contributed by atoms with van der Waals surface area (Å²) in [6, 6.07) is 16.8. The molecule has 0 aromatic heterocycles. The zero-order valence-corrected chi connectivity index (χ0v) is 18.0. The third-order valence-electron chi connectivity index (χ3n) is 6.19. The molecule has 2 unspecified atom stereocenters. The highest BCUT2D eigenvalue weighted by Gasteiger charge is 2.34. The number of hydrogen-bond donors (Lipinski definition) is 1. The lowest BCUT2D eigenvalue weighted by atomic mass is 10.0. The summed E-state index contributed by atoms with van der Waals surface area (Å²) in [6.07, 6.45) is 4.51. The molecule has 160 valence electrons. The molecule has 0 radical (unpaired) electrons. The van der Waals surface area contributed by atoms with Crippen LogP contribution in [0.2, 0.25) is 0 Å². The molecular weight excluding hydrogens is 376 g/mol. The number of benzene rings is 2. The van der Waals surface area contributed by atoms with Crippen LogP contribution in [0.15, 0.2) is 48.5 Å². The van der Waals surface area contributed by atoms with Crippen LogP contribution in [0.25, 0.3) is 0 Å². The Morgan fingerprint density at radius 3 is 2.40 bits per heavy atom. The zero-order valence-electron chi connectivity index (χ0n) is 18.0. The maximum atomic E-state index is 13.1. The summed E-state index contributed by atoms with van der Waals surface area (Å²) in [5.74, 6) is 2.54. The summed E-state index contributed by atoms with van der Waals surface area (Å²) in [5, 5.41) is 3.56. The summed E-state index contributed by atoms with van der Waals surface area (Å²) in [5.41, 5.74) is 2.42. The van der Waals surface area contributed by atoms with Gasteiger partial charge in [0.25, 0.3) is 0 Å². The molecule has 0 bridgehead atoms. The molecule has 1 aliphatic heterocycles. The van der Waals surface area contributed by atoms with E-state index in [0.29, 0.717) is 19.1 Å². The van der Waals surface area contributed by atoms with Crippen LogP contribution in [0.4, 0.5) is 0 Å². The molecule has 5 nitrogen and oxygen atoms in total. The van der Waals surface area contributed by atoms with Crippen LogP contribution in [0, 0.1) is 5.92 Å². The number of methoxy groups -OCH3 is 1. The maximum absolute atomic E-state index is 13.1. The van der Waals surface area contributed by atoms with E-state index in [-0.39, 0.29) is 18.0 Å². The predicted molar refractivity (Wildman–Crippen MR) is 118 cm³/mol. The predicted octanol–water partition coefficient (Wildman–Crippen LogP) is 4.50. The molecule has 1 saturated carbocycles. The number of amides is 1. The minimum atomic E-state index is 0.162. The third-order valence-corrected chi connectivity index (χ3v) is 6.19. The van der Waals surface area contributed by atoms with Crippen LogP contribution < -0.4 is 14.8 Å². The average molecular weight is 409 g/mol. The molecule has 1 saturated heterocycles. The van der Waals surface area contributed by atoms with Gasteiger partial charge in [-0.2, -0.15) is 0 Å². The molecule has 1 N–H and O–H groups in total. The quantitative estimate of drug-likeness (QED) is 0.664. The number of carbonyl (C=O) groups excluding carboxylic acids is 1. The molecule has 2 aromatic carbocycles. The first-order valence-electron chi connectivity index (χ1n) is 11.1. The van der Waals surface area contributed by atoms with Crippen molar-refractivity contribution in [3.05, 3.63) is 59.7 Å². The highest BCUT2D eigenvalue weighted by molar-refractivity contribution is 5.79. The number of rotatable bonds is 9. The molecule has 1 amide bonds. The molecule has 4 rings (SSSR count). The minimum Gasteiger partial charge on any atom is -0.497 e. The topological polar surface area (TPSA) is 50.8 Å². The van der Waals surface area contributed by atoms with E-state index in [2.05, 4.69) is 29.6 Å². The SMILES string of the molecule is CCOc1ccc(C2CCCN2C(=O)CNC(c2ccc(OC)cc2)C2CC2)cc1. The Morgan fingerprint density at radius 1 is 1.07 bits per heavy atom. The number of ether oxygens (including phenoxy) is 2. The molecule has 2 atom stereocenters. The Kier molecular flexibility index (Phi) is 6.58. The summed E-state index contributed by atoms with van der Waals surface area (Å²) in [7, 11) is 1.68. The van der Waals surface area contributed by atoms with Gasteiger partial charge >= 0.3 is 0 Å². The molecule has 5 heteroatoms. The van der Waals surface area contributed by atoms with Gasteiger partial charge in [-0.3, -0.25) is 4.79 Å². The van der Waals surface area contributed by atoms with Crippen LogP contribution in [0.5, 0.6) is 11.5 Å². The Balaban J connectivity index is 1.39. The largest absolute Gasteiger partial charge is 0.497 e. The average Bonchev–Trinajstić information content (AvgIpc) is 3.50. The van der Waals surface area contributed by atoms with Gasteiger partial charge in [0.2, 0.25) is 5.91 Å². The Morgan fingerprint density at radius 2 is 1.77 bits per heavy atom. The van der Waals surface area contributed by atoms with Gasteiger partial charge in [-0.15, -0.1) is 0 Å². The van der Waals surface area contributed by atoms with Crippen molar-refractivity contribution in [2.75, 3.05) is 26.8 Å². The van der Waals surface area contributed by atoms with Gasteiger partial charge in [0.1, 0.15) is 11.5 Å². The molecule has 2 aromatic rings. The Labute approximate surface area is 179 Å². The van der Waals surface area contributed by atoms with Gasteiger partial charge in [-0.05, 0) is 73.9 Å². The fourth-order valence-electron chi connectivity index (χ4n) is 4.46. The van der Waals surface area contributed by atoms with Crippen molar-refractivity contribution in [3.63, 3.8) is 0 Å². The van der Waals surface area contributed by atoms with Crippen molar-refractivity contribution in [2.24, 2.45) is 5.92 Å². The van der Waals surface area contributed by atoms with E-state index in [9.17, 15) is 4.79 Å². The van der Waals surface area contributed by atoms with Crippen molar-refractivity contribution >= 4 is 5.91 Å². The lowest BCUT2D eigenvalue weighted by molar-refractivity contribution is -0.131. The van der Waals surface area contributed by atoms with Gasteiger partial charge in [0.05, 0.1) is 26.3 Å². The second-order valence-electron chi connectivity index (χ2n) is 8.22. The monoisotopic (exact) mass is 408 g/mol. The van der Waals surface area contributed by atoms with E-state index in [0.717, 1.165) is 30.9 Å². The van der Waals surface area contributed by atoms with Crippen LogP contribution >= 0.6 is 0 Å². The second kappa shape index (κ2) is 9.52. The fourth-order valence-corrected chi connectivity index (χ4v) is 4.46. The van der Waals surface area contributed by atoms with Gasteiger partial charge in [-0.1, -0.05) is 24.3 Å². The van der Waals surface area contributed by atoms with Gasteiger partial charge in [0.15, 0.2) is 0 Å². The van der Waals surface area contributed by atoms with E-state index < -0.39 is 0 Å². The van der Waals surface area contributed by atoms with Crippen molar-refractivity contribution < 1.29 is 14.3 Å². The van der Waals surface area contributed by atoms with Crippen LogP contribution in [-0.2, 0) is 4.79 Å². The summed E-state index contributed by atoms with van der Waals surface area (Å²) in [6.45, 7) is 3.85. The van der Waals surface area contributed by atoms with Gasteiger partial charge < -0.3 is 19.7 Å². The first-order chi connectivity index (χ1) is 14.7. The third kappa shape index (κ3) is 4.78. The number of likely N-dealkylation sites (tertiary alicyclic amines) is 1. The van der Waals surface area contributed by atoms with Crippen LogP contribution in [-0.4, -0.2) is 37.6 Å². The fraction of sp³-hybridized carbons (Fsp3) is 0.480. The minimum absolute atomic E-state index is 0.162. The molecule has 1 heterocycles. The zero-order chi connectivity index (χ0) is 20.9. The van der Waals surface area contributed by atoms with E-state index in [1.54, 1.807) is 7.11 Å². The van der Waals surface area contributed by atoms with Crippen molar-refractivity contribution in [2.45, 2.75) is 44.7 Å². The summed E-state index contributed by atoms with van der Waals surface area (Å²) in [4.78, 5) is 15.1. The number of nitrogens with one attached hydrogen (secondary N) is 1. The Bertz CT molecular complexity index is 830. The summed E-state index contributed by atoms with van der Waals surface area (Å²) >= 11 is 0. The van der Waals surface area contributed by atoms with Gasteiger partial charge in [-0.25, -0.2) is 0 Å². The van der Waals surface area contributed by atoms with Crippen molar-refractivity contribution in [1.29, 1.82) is 0 Å². The molecular formula is C25H32N2O3. The smallest absolute Gasteiger partial charge is 0.237 e. The van der Waals surface area contributed by atoms with Crippen LogP contribution in [0.3, 0.4) is 0 Å². The highest BCUT2D eigenvalue weighted by Crippen LogP contribution is 2.41. The maximum Gasteiger partial charge on any atom is 0.237 e. The normalized spacial score (nSPS) is 19.5. The molecule has 1 aliphatic carbocycles. The molecule has 2 aliphatic rings. The number of carbonyl (C=O) groups is 1. The number of nitrogens with zero attached hydrogens (tertiary/aromatic N) is 1. The van der Waals surface area contributed by atoms with Crippen molar-refractivity contribution in [1.82, 2.24) is 10.2 Å². The first kappa shape index (κ1) is 20.7. The lowest BCUT2D eigenvalue weighted by Gasteiger charge is -2.27. The highest BCUT2D eigenvalue weighted by atomic mass is 16.5. The molecule has 30 heavy (non-hydrogen) atoms. The molecule has 2 fully saturated rings. The molecule has 0 spiro atoms. The first-order valence-corrected chi connectivity index (χ1v) is 11.1. The summed E-state index contributed by atoms with van der Waals surface area (Å²) < 4.78 is 10.8. The standard InChI is InChI=1S/C25H32N2O3/c1-3-30-22-14-8-18(9-15-22)23-5-4-16-27(23)24(28)17-26-25(19-6-7-19)20-10-12-21(29-2)13-11-20/h8-15,19,23,25-26H,3-7,16-17H2,1-2H3. The van der Waals surface area contributed by atoms with Crippen LogP contribution in [0.1, 0.15) is 55.8 Å². The second-order valence-corrected chi connectivity index (χ2v) is 8.22. The Hall–Kier alpha value is -2.53. The number of hydrogen-bond acceptors (Lipinski definition) is 4. The van der Waals surface area contributed by atoms with E-state index in [1.807, 2.05) is 36.1 Å². The van der Waals surface area contributed by atoms with Crippen molar-refractivity contribution in [3.8, 4) is 11.5 Å².